The fourth-order valence-corrected chi connectivity index (χ4v) is 4.33. The molecule has 0 saturated carbocycles. The van der Waals surface area contributed by atoms with Crippen LogP contribution in [0.1, 0.15) is 16.7 Å². The first kappa shape index (κ1) is 27.3. The molecule has 1 N–H and O–H groups in total. The van der Waals surface area contributed by atoms with E-state index in [2.05, 4.69) is 10.1 Å². The van der Waals surface area contributed by atoms with Crippen LogP contribution in [0, 0.1) is 0 Å². The summed E-state index contributed by atoms with van der Waals surface area (Å²) in [5.41, 5.74) is 2.22. The van der Waals surface area contributed by atoms with E-state index in [1.807, 2.05) is 30.3 Å². The molecular formula is C27H23ClF3N3O4. The number of benzene rings is 3. The van der Waals surface area contributed by atoms with Crippen LogP contribution < -0.4 is 0 Å². The molecule has 0 aliphatic carbocycles. The van der Waals surface area contributed by atoms with Crippen molar-refractivity contribution in [2.45, 2.75) is 19.3 Å². The Balaban J connectivity index is 1.67. The molecular weight excluding hydrogens is 523 g/mol. The summed E-state index contributed by atoms with van der Waals surface area (Å²) in [6.07, 6.45) is -4.66. The summed E-state index contributed by atoms with van der Waals surface area (Å²) in [5, 5.41) is 13.4. The number of rotatable bonds is 9. The molecule has 11 heteroatoms. The van der Waals surface area contributed by atoms with Gasteiger partial charge in [0.2, 0.25) is 5.82 Å². The quantitative estimate of drug-likeness (QED) is 0.260. The summed E-state index contributed by atoms with van der Waals surface area (Å²) in [4.78, 5) is 16.5. The van der Waals surface area contributed by atoms with Gasteiger partial charge in [-0.1, -0.05) is 53.2 Å². The van der Waals surface area contributed by atoms with Gasteiger partial charge in [0.1, 0.15) is 0 Å². The lowest BCUT2D eigenvalue weighted by molar-refractivity contribution is -0.138. The highest BCUT2D eigenvalue weighted by Gasteiger charge is 2.34. The Morgan fingerprint density at radius 1 is 1.05 bits per heavy atom. The highest BCUT2D eigenvalue weighted by molar-refractivity contribution is 6.33. The highest BCUT2D eigenvalue weighted by atomic mass is 35.5. The van der Waals surface area contributed by atoms with Crippen molar-refractivity contribution in [1.29, 1.82) is 0 Å². The van der Waals surface area contributed by atoms with Crippen molar-refractivity contribution in [2.24, 2.45) is 0 Å². The summed E-state index contributed by atoms with van der Waals surface area (Å²) in [7, 11) is 3.00. The van der Waals surface area contributed by atoms with E-state index in [1.165, 1.54) is 24.1 Å². The number of carboxylic acids is 1. The van der Waals surface area contributed by atoms with E-state index in [1.54, 1.807) is 19.2 Å². The van der Waals surface area contributed by atoms with Gasteiger partial charge in [0.25, 0.3) is 5.89 Å². The van der Waals surface area contributed by atoms with Crippen molar-refractivity contribution >= 4 is 17.6 Å². The standard InChI is InChI=1S/C27H23ClF3N3O4/c1-34(14-24(35)36)13-18-8-7-16(12-22(18)27(29,30)31)25-32-26(38-33-25)17-9-10-20(19(11-17)15-37-2)21-5-3-4-6-23(21)28/h3-12H,13-15H2,1-2H3,(H,35,36). The minimum atomic E-state index is -4.66. The van der Waals surface area contributed by atoms with Crippen LogP contribution in [0.15, 0.2) is 65.2 Å². The number of carboxylic acid groups (broad SMARTS) is 1. The number of nitrogens with zero attached hydrogens (tertiary/aromatic N) is 3. The van der Waals surface area contributed by atoms with Crippen LogP contribution in [0.2, 0.25) is 5.02 Å². The lowest BCUT2D eigenvalue weighted by atomic mass is 9.97. The number of likely N-dealkylation sites (N-methyl/N-ethyl adjacent to an activating group) is 1. The molecule has 0 spiro atoms. The van der Waals surface area contributed by atoms with E-state index in [4.69, 9.17) is 26.0 Å². The number of alkyl halides is 3. The Morgan fingerprint density at radius 3 is 2.47 bits per heavy atom. The molecule has 0 aliphatic heterocycles. The van der Waals surface area contributed by atoms with Gasteiger partial charge in [-0.05, 0) is 48.0 Å². The molecule has 4 aromatic rings. The number of aromatic nitrogens is 2. The van der Waals surface area contributed by atoms with Crippen LogP contribution in [0.4, 0.5) is 13.2 Å². The zero-order valence-corrected chi connectivity index (χ0v) is 21.2. The van der Waals surface area contributed by atoms with Gasteiger partial charge in [0, 0.05) is 35.4 Å². The molecule has 0 unspecified atom stereocenters. The Kier molecular flexibility index (Phi) is 8.15. The molecule has 0 atom stereocenters. The van der Waals surface area contributed by atoms with E-state index in [0.29, 0.717) is 10.6 Å². The first-order valence-electron chi connectivity index (χ1n) is 11.4. The second-order valence-electron chi connectivity index (χ2n) is 8.64. The topological polar surface area (TPSA) is 88.7 Å². The maximum absolute atomic E-state index is 13.8. The predicted molar refractivity (Wildman–Crippen MR) is 135 cm³/mol. The Hall–Kier alpha value is -3.73. The number of aliphatic carboxylic acids is 1. The van der Waals surface area contributed by atoms with Crippen LogP contribution in [0.5, 0.6) is 0 Å². The fraction of sp³-hybridized carbons (Fsp3) is 0.222. The van der Waals surface area contributed by atoms with Crippen LogP contribution >= 0.6 is 11.6 Å². The Labute approximate surface area is 221 Å². The molecule has 4 rings (SSSR count). The van der Waals surface area contributed by atoms with E-state index < -0.39 is 24.3 Å². The first-order chi connectivity index (χ1) is 18.1. The molecule has 3 aromatic carbocycles. The van der Waals surface area contributed by atoms with Crippen molar-refractivity contribution in [3.05, 3.63) is 82.4 Å². The molecule has 0 fully saturated rings. The average molecular weight is 546 g/mol. The SMILES string of the molecule is COCc1cc(-c2nc(-c3ccc(CN(C)CC(=O)O)c(C(F)(F)F)c3)no2)ccc1-c1ccccc1Cl. The second-order valence-corrected chi connectivity index (χ2v) is 9.05. The average Bonchev–Trinajstić information content (AvgIpc) is 3.34. The van der Waals surface area contributed by atoms with Crippen LogP contribution in [0.25, 0.3) is 34.0 Å². The smallest absolute Gasteiger partial charge is 0.416 e. The molecule has 198 valence electrons. The Bertz CT molecular complexity index is 1460. The van der Waals surface area contributed by atoms with Crippen LogP contribution in [-0.2, 0) is 28.9 Å². The molecule has 0 amide bonds. The minimum absolute atomic E-state index is 0.0144. The van der Waals surface area contributed by atoms with Gasteiger partial charge < -0.3 is 14.4 Å². The van der Waals surface area contributed by atoms with Crippen molar-refractivity contribution in [1.82, 2.24) is 15.0 Å². The van der Waals surface area contributed by atoms with Crippen molar-refractivity contribution in [3.8, 4) is 34.0 Å². The van der Waals surface area contributed by atoms with Gasteiger partial charge in [-0.25, -0.2) is 0 Å². The van der Waals surface area contributed by atoms with Crippen molar-refractivity contribution in [2.75, 3.05) is 20.7 Å². The van der Waals surface area contributed by atoms with Crippen molar-refractivity contribution in [3.63, 3.8) is 0 Å². The third-order valence-corrected chi connectivity index (χ3v) is 6.09. The minimum Gasteiger partial charge on any atom is -0.480 e. The van der Waals surface area contributed by atoms with Crippen molar-refractivity contribution < 1.29 is 32.3 Å². The summed E-state index contributed by atoms with van der Waals surface area (Å²) >= 11 is 6.37. The van der Waals surface area contributed by atoms with Gasteiger partial charge >= 0.3 is 12.1 Å². The van der Waals surface area contributed by atoms with Gasteiger partial charge in [-0.3, -0.25) is 9.69 Å². The molecule has 0 saturated heterocycles. The van der Waals surface area contributed by atoms with Gasteiger partial charge in [-0.2, -0.15) is 18.2 Å². The monoisotopic (exact) mass is 545 g/mol. The normalized spacial score (nSPS) is 11.8. The van der Waals surface area contributed by atoms with Gasteiger partial charge in [-0.15, -0.1) is 0 Å². The van der Waals surface area contributed by atoms with E-state index in [9.17, 15) is 18.0 Å². The largest absolute Gasteiger partial charge is 0.480 e. The van der Waals surface area contributed by atoms with Gasteiger partial charge in [0.05, 0.1) is 18.7 Å². The van der Waals surface area contributed by atoms with Crippen LogP contribution in [-0.4, -0.2) is 46.8 Å². The number of carbonyl (C=O) groups is 1. The summed E-state index contributed by atoms with van der Waals surface area (Å²) < 4.78 is 52.2. The van der Waals surface area contributed by atoms with Crippen LogP contribution in [0.3, 0.4) is 0 Å². The number of hydrogen-bond donors (Lipinski definition) is 1. The fourth-order valence-electron chi connectivity index (χ4n) is 4.10. The lowest BCUT2D eigenvalue weighted by Crippen LogP contribution is -2.26. The summed E-state index contributed by atoms with van der Waals surface area (Å²) in [6.45, 7) is -0.311. The summed E-state index contributed by atoms with van der Waals surface area (Å²) in [6, 6.07) is 16.5. The number of halogens is 4. The molecule has 0 aliphatic rings. The molecule has 1 aromatic heterocycles. The van der Waals surface area contributed by atoms with E-state index in [0.717, 1.165) is 22.8 Å². The molecule has 38 heavy (non-hydrogen) atoms. The third kappa shape index (κ3) is 6.21. The lowest BCUT2D eigenvalue weighted by Gasteiger charge is -2.18. The van der Waals surface area contributed by atoms with E-state index >= 15 is 0 Å². The molecule has 1 heterocycles. The zero-order chi connectivity index (χ0) is 27.4. The number of hydrogen-bond acceptors (Lipinski definition) is 6. The maximum Gasteiger partial charge on any atom is 0.416 e. The second kappa shape index (κ2) is 11.3. The first-order valence-corrected chi connectivity index (χ1v) is 11.8. The summed E-state index contributed by atoms with van der Waals surface area (Å²) in [5.74, 6) is -1.02. The highest BCUT2D eigenvalue weighted by Crippen LogP contribution is 2.36. The predicted octanol–water partition coefficient (Wildman–Crippen LogP) is 6.41. The number of methoxy groups -OCH3 is 1. The molecule has 0 radical (unpaired) electrons. The number of ether oxygens (including phenoxy) is 1. The third-order valence-electron chi connectivity index (χ3n) is 5.76. The van der Waals surface area contributed by atoms with E-state index in [-0.39, 0.29) is 36.0 Å². The van der Waals surface area contributed by atoms with Gasteiger partial charge in [0.15, 0.2) is 0 Å². The Morgan fingerprint density at radius 2 is 1.79 bits per heavy atom. The zero-order valence-electron chi connectivity index (χ0n) is 20.4. The molecule has 7 nitrogen and oxygen atoms in total. The maximum atomic E-state index is 13.8. The molecule has 0 bridgehead atoms.